The van der Waals surface area contributed by atoms with Crippen LogP contribution in [0.3, 0.4) is 0 Å². The third-order valence-electron chi connectivity index (χ3n) is 1.45. The summed E-state index contributed by atoms with van der Waals surface area (Å²) in [5.74, 6) is 0. The molecule has 0 heterocycles. The Hall–Kier alpha value is -1.31. The molecule has 2 amide bonds. The average Bonchev–Trinajstić information content (AvgIpc) is 1.90. The third-order valence-corrected chi connectivity index (χ3v) is 2.41. The zero-order chi connectivity index (χ0) is 15.6. The maximum absolute atomic E-state index is 11.8. The van der Waals surface area contributed by atoms with Gasteiger partial charge >= 0.3 is 12.2 Å². The standard InChI is InChI=1S/C11H21NO6S/c1-10(2,3)17-8(13)12(19(7,15)16)9(14)18-11(4,5)6/h1-7H3. The molecule has 8 heteroatoms. The molecule has 0 rings (SSSR count). The number of rotatable bonds is 1. The van der Waals surface area contributed by atoms with Crippen LogP contribution in [0.15, 0.2) is 0 Å². The molecule has 7 nitrogen and oxygen atoms in total. The lowest BCUT2D eigenvalue weighted by Crippen LogP contribution is -2.46. The Morgan fingerprint density at radius 2 is 1.11 bits per heavy atom. The minimum absolute atomic E-state index is 0.0243. The highest BCUT2D eigenvalue weighted by Gasteiger charge is 2.37. The number of hydrogen-bond acceptors (Lipinski definition) is 6. The zero-order valence-corrected chi connectivity index (χ0v) is 13.1. The van der Waals surface area contributed by atoms with Gasteiger partial charge in [0.05, 0.1) is 6.26 Å². The molecule has 0 aliphatic carbocycles. The highest BCUT2D eigenvalue weighted by atomic mass is 32.2. The van der Waals surface area contributed by atoms with Crippen LogP contribution >= 0.6 is 0 Å². The second kappa shape index (κ2) is 5.36. The molecule has 0 saturated carbocycles. The number of carbonyl (C=O) groups excluding carboxylic acids is 2. The van der Waals surface area contributed by atoms with Crippen LogP contribution in [0.25, 0.3) is 0 Å². The first-order valence-corrected chi connectivity index (χ1v) is 7.44. The second-order valence-electron chi connectivity index (χ2n) is 5.99. The van der Waals surface area contributed by atoms with Gasteiger partial charge in [0.2, 0.25) is 10.0 Å². The molecule has 0 spiro atoms. The van der Waals surface area contributed by atoms with Gasteiger partial charge in [-0.3, -0.25) is 0 Å². The molecule has 0 aromatic rings. The topological polar surface area (TPSA) is 90.0 Å². The molecule has 19 heavy (non-hydrogen) atoms. The Morgan fingerprint density at radius 3 is 1.26 bits per heavy atom. The Morgan fingerprint density at radius 1 is 0.842 bits per heavy atom. The number of imide groups is 1. The highest BCUT2D eigenvalue weighted by Crippen LogP contribution is 2.16. The first-order valence-electron chi connectivity index (χ1n) is 5.60. The fourth-order valence-corrected chi connectivity index (χ4v) is 1.57. The molecule has 0 bridgehead atoms. The Balaban J connectivity index is 5.27. The smallest absolute Gasteiger partial charge is 0.434 e. The fourth-order valence-electron chi connectivity index (χ4n) is 0.952. The molecular formula is C11H21NO6S. The summed E-state index contributed by atoms with van der Waals surface area (Å²) >= 11 is 0. The predicted molar refractivity (Wildman–Crippen MR) is 69.2 cm³/mol. The summed E-state index contributed by atoms with van der Waals surface area (Å²) in [6.07, 6.45) is -1.85. The van der Waals surface area contributed by atoms with E-state index < -0.39 is 33.4 Å². The number of hydrogen-bond donors (Lipinski definition) is 0. The van der Waals surface area contributed by atoms with Crippen molar-refractivity contribution in [1.29, 1.82) is 0 Å². The van der Waals surface area contributed by atoms with E-state index in [9.17, 15) is 18.0 Å². The molecule has 112 valence electrons. The SMILES string of the molecule is CC(C)(C)OC(=O)N(C(=O)OC(C)(C)C)S(C)(=O)=O. The lowest BCUT2D eigenvalue weighted by atomic mass is 10.2. The Kier molecular flexibility index (Phi) is 4.99. The van der Waals surface area contributed by atoms with E-state index >= 15 is 0 Å². The fraction of sp³-hybridized carbons (Fsp3) is 0.818. The van der Waals surface area contributed by atoms with Crippen molar-refractivity contribution in [2.45, 2.75) is 52.7 Å². The normalized spacial score (nSPS) is 12.8. The second-order valence-corrected chi connectivity index (χ2v) is 7.82. The molecule has 0 radical (unpaired) electrons. The number of sulfonamides is 1. The van der Waals surface area contributed by atoms with Crippen LogP contribution < -0.4 is 0 Å². The van der Waals surface area contributed by atoms with Crippen LogP contribution in [0.4, 0.5) is 9.59 Å². The molecule has 0 aliphatic heterocycles. The minimum Gasteiger partial charge on any atom is -0.443 e. The molecule has 0 saturated heterocycles. The number of amides is 2. The molecule has 0 N–H and O–H groups in total. The van der Waals surface area contributed by atoms with E-state index in [1.54, 1.807) is 41.5 Å². The first kappa shape index (κ1) is 17.7. The van der Waals surface area contributed by atoms with Crippen molar-refractivity contribution in [3.8, 4) is 0 Å². The largest absolute Gasteiger partial charge is 0.443 e. The summed E-state index contributed by atoms with van der Waals surface area (Å²) in [5, 5.41) is 0. The van der Waals surface area contributed by atoms with Crippen molar-refractivity contribution < 1.29 is 27.5 Å². The van der Waals surface area contributed by atoms with Gasteiger partial charge in [0, 0.05) is 0 Å². The quantitative estimate of drug-likeness (QED) is 0.736. The third kappa shape index (κ3) is 7.00. The Labute approximate surface area is 113 Å². The number of nitrogens with zero attached hydrogens (tertiary/aromatic N) is 1. The van der Waals surface area contributed by atoms with Gasteiger partial charge < -0.3 is 9.47 Å². The monoisotopic (exact) mass is 295 g/mol. The maximum Gasteiger partial charge on any atom is 0.434 e. The van der Waals surface area contributed by atoms with Crippen molar-refractivity contribution in [3.63, 3.8) is 0 Å². The van der Waals surface area contributed by atoms with E-state index in [4.69, 9.17) is 9.47 Å². The number of carbonyl (C=O) groups is 2. The van der Waals surface area contributed by atoms with E-state index in [0.29, 0.717) is 0 Å². The van der Waals surface area contributed by atoms with Crippen LogP contribution in [-0.4, -0.2) is 42.4 Å². The van der Waals surface area contributed by atoms with E-state index in [2.05, 4.69) is 0 Å². The summed E-state index contributed by atoms with van der Waals surface area (Å²) in [6, 6.07) is 0. The van der Waals surface area contributed by atoms with Crippen LogP contribution in [0, 0.1) is 0 Å². The van der Waals surface area contributed by atoms with Crippen molar-refractivity contribution in [2.24, 2.45) is 0 Å². The summed E-state index contributed by atoms with van der Waals surface area (Å²) in [7, 11) is -4.12. The summed E-state index contributed by atoms with van der Waals surface area (Å²) in [5.41, 5.74) is -1.86. The lowest BCUT2D eigenvalue weighted by molar-refractivity contribution is 0.0175. The van der Waals surface area contributed by atoms with Gasteiger partial charge in [-0.2, -0.15) is 0 Å². The highest BCUT2D eigenvalue weighted by molar-refractivity contribution is 7.89. The summed E-state index contributed by atoms with van der Waals surface area (Å²) < 4.78 is 32.7. The lowest BCUT2D eigenvalue weighted by Gasteiger charge is -2.27. The molecule has 0 unspecified atom stereocenters. The summed E-state index contributed by atoms with van der Waals surface area (Å²) in [4.78, 5) is 23.5. The van der Waals surface area contributed by atoms with Gasteiger partial charge in [-0.1, -0.05) is 0 Å². The van der Waals surface area contributed by atoms with Crippen LogP contribution in [0.1, 0.15) is 41.5 Å². The molecular weight excluding hydrogens is 274 g/mol. The average molecular weight is 295 g/mol. The number of ether oxygens (including phenoxy) is 2. The molecule has 0 aromatic carbocycles. The van der Waals surface area contributed by atoms with Gasteiger partial charge in [0.25, 0.3) is 0 Å². The van der Waals surface area contributed by atoms with Gasteiger partial charge in [-0.25, -0.2) is 18.0 Å². The van der Waals surface area contributed by atoms with Crippen LogP contribution in [0.2, 0.25) is 0 Å². The van der Waals surface area contributed by atoms with E-state index in [1.165, 1.54) is 0 Å². The van der Waals surface area contributed by atoms with Crippen molar-refractivity contribution in [3.05, 3.63) is 0 Å². The van der Waals surface area contributed by atoms with Crippen molar-refractivity contribution >= 4 is 22.2 Å². The van der Waals surface area contributed by atoms with E-state index in [0.717, 1.165) is 6.26 Å². The minimum atomic E-state index is -4.12. The van der Waals surface area contributed by atoms with Gasteiger partial charge in [-0.15, -0.1) is 4.31 Å². The predicted octanol–water partition coefficient (Wildman–Crippen LogP) is 2.12. The molecule has 0 atom stereocenters. The first-order chi connectivity index (χ1) is 8.13. The van der Waals surface area contributed by atoms with Crippen LogP contribution in [-0.2, 0) is 19.5 Å². The van der Waals surface area contributed by atoms with E-state index in [-0.39, 0.29) is 4.31 Å². The molecule has 0 fully saturated rings. The van der Waals surface area contributed by atoms with Gasteiger partial charge in [0.15, 0.2) is 0 Å². The van der Waals surface area contributed by atoms with Gasteiger partial charge in [-0.05, 0) is 41.5 Å². The van der Waals surface area contributed by atoms with Crippen LogP contribution in [0.5, 0.6) is 0 Å². The Bertz CT molecular complexity index is 427. The van der Waals surface area contributed by atoms with Gasteiger partial charge in [0.1, 0.15) is 11.2 Å². The van der Waals surface area contributed by atoms with E-state index in [1.807, 2.05) is 0 Å². The maximum atomic E-state index is 11.8. The van der Waals surface area contributed by atoms with Crippen molar-refractivity contribution in [1.82, 2.24) is 4.31 Å². The summed E-state index contributed by atoms with van der Waals surface area (Å²) in [6.45, 7) is 9.34. The molecule has 0 aromatic heterocycles. The van der Waals surface area contributed by atoms with Crippen molar-refractivity contribution in [2.75, 3.05) is 6.26 Å². The molecule has 0 aliphatic rings. The zero-order valence-electron chi connectivity index (χ0n) is 12.3.